The molecule has 49 heavy (non-hydrogen) atoms. The van der Waals surface area contributed by atoms with E-state index in [9.17, 15) is 0 Å². The standard InChI is InChI=1S/C48H29N/c1-5-18-34-30(14-1)31-15-4-8-21-37(31)43-28-41-35-19-6-2-16-32(35)33-17-3-7-20-36(33)42(41)29-44(43)48-40(34)24-13-27-47(48)49-45-25-11-9-22-38(45)39-23-10-12-26-46(39)49/h1-29H. The molecule has 9 aromatic carbocycles. The monoisotopic (exact) mass is 619 g/mol. The van der Waals surface area contributed by atoms with Crippen LogP contribution < -0.4 is 0 Å². The van der Waals surface area contributed by atoms with Crippen LogP contribution >= 0.6 is 0 Å². The number of fused-ring (bicyclic) bond motifs is 17. The minimum atomic E-state index is 1.19. The number of para-hydroxylation sites is 2. The lowest BCUT2D eigenvalue weighted by Crippen LogP contribution is -2.03. The molecule has 10 aromatic rings. The van der Waals surface area contributed by atoms with Crippen LogP contribution in [-0.4, -0.2) is 4.57 Å². The van der Waals surface area contributed by atoms with Crippen molar-refractivity contribution in [1.82, 2.24) is 4.57 Å². The third-order valence-corrected chi connectivity index (χ3v) is 10.7. The number of rotatable bonds is 1. The van der Waals surface area contributed by atoms with E-state index >= 15 is 0 Å². The first kappa shape index (κ1) is 26.6. The Morgan fingerprint density at radius 3 is 1.14 bits per heavy atom. The van der Waals surface area contributed by atoms with E-state index in [1.807, 2.05) is 0 Å². The molecule has 0 spiro atoms. The number of benzene rings is 9. The van der Waals surface area contributed by atoms with Crippen molar-refractivity contribution in [1.29, 1.82) is 0 Å². The van der Waals surface area contributed by atoms with E-state index in [0.29, 0.717) is 0 Å². The summed E-state index contributed by atoms with van der Waals surface area (Å²) in [6, 6.07) is 65.3. The highest BCUT2D eigenvalue weighted by molar-refractivity contribution is 6.27. The maximum atomic E-state index is 2.50. The van der Waals surface area contributed by atoms with E-state index in [1.165, 1.54) is 104 Å². The van der Waals surface area contributed by atoms with E-state index in [1.54, 1.807) is 0 Å². The first-order chi connectivity index (χ1) is 24.3. The van der Waals surface area contributed by atoms with Gasteiger partial charge in [-0.15, -0.1) is 0 Å². The summed E-state index contributed by atoms with van der Waals surface area (Å²) in [6.45, 7) is 0. The molecule has 1 nitrogen and oxygen atoms in total. The highest BCUT2D eigenvalue weighted by Gasteiger charge is 2.26. The van der Waals surface area contributed by atoms with Crippen molar-refractivity contribution in [3.63, 3.8) is 0 Å². The summed E-state index contributed by atoms with van der Waals surface area (Å²) in [5.74, 6) is 0. The van der Waals surface area contributed by atoms with Gasteiger partial charge in [0.2, 0.25) is 0 Å². The zero-order valence-corrected chi connectivity index (χ0v) is 26.7. The number of hydrogen-bond donors (Lipinski definition) is 0. The molecule has 1 aliphatic rings. The zero-order chi connectivity index (χ0) is 32.1. The molecule has 0 fully saturated rings. The van der Waals surface area contributed by atoms with Crippen LogP contribution in [-0.2, 0) is 0 Å². The Bertz CT molecular complexity index is 2940. The topological polar surface area (TPSA) is 4.93 Å². The quantitative estimate of drug-likeness (QED) is 0.161. The number of nitrogens with zero attached hydrogens (tertiary/aromatic N) is 1. The largest absolute Gasteiger partial charge is 0.309 e. The number of aromatic nitrogens is 1. The molecule has 0 atom stereocenters. The van der Waals surface area contributed by atoms with E-state index in [2.05, 4.69) is 180 Å². The second-order valence-corrected chi connectivity index (χ2v) is 13.2. The predicted octanol–water partition coefficient (Wildman–Crippen LogP) is 13.2. The fourth-order valence-corrected chi connectivity index (χ4v) is 8.70. The molecule has 0 bridgehead atoms. The van der Waals surface area contributed by atoms with Crippen LogP contribution in [0.2, 0.25) is 0 Å². The molecular weight excluding hydrogens is 591 g/mol. The molecule has 0 saturated heterocycles. The van der Waals surface area contributed by atoms with Gasteiger partial charge in [0, 0.05) is 16.3 Å². The van der Waals surface area contributed by atoms with Crippen LogP contribution in [0.25, 0.3) is 104 Å². The van der Waals surface area contributed by atoms with Gasteiger partial charge in [0.05, 0.1) is 16.7 Å². The van der Waals surface area contributed by atoms with Crippen molar-refractivity contribution in [3.05, 3.63) is 176 Å². The molecule has 1 heteroatoms. The molecular formula is C48H29N. The Morgan fingerprint density at radius 2 is 0.612 bits per heavy atom. The van der Waals surface area contributed by atoms with Gasteiger partial charge in [-0.3, -0.25) is 0 Å². The molecule has 0 amide bonds. The SMILES string of the molecule is c1ccc2c(c1)-c1ccccc1-c1cccc(-n3c4ccccc4c4ccccc43)c1-c1cc3c4ccccc4c4ccccc4c3cc1-2. The summed E-state index contributed by atoms with van der Waals surface area (Å²) in [4.78, 5) is 0. The molecule has 0 unspecified atom stereocenters. The molecule has 1 aliphatic carbocycles. The normalized spacial score (nSPS) is 12.1. The average Bonchev–Trinajstić information content (AvgIpc) is 3.51. The second-order valence-electron chi connectivity index (χ2n) is 13.2. The van der Waals surface area contributed by atoms with Crippen molar-refractivity contribution < 1.29 is 0 Å². The Morgan fingerprint density at radius 1 is 0.245 bits per heavy atom. The van der Waals surface area contributed by atoms with Gasteiger partial charge < -0.3 is 4.57 Å². The molecule has 226 valence electrons. The smallest absolute Gasteiger partial charge is 0.0547 e. The Labute approximate surface area is 283 Å². The first-order valence-corrected chi connectivity index (χ1v) is 17.0. The average molecular weight is 620 g/mol. The van der Waals surface area contributed by atoms with Gasteiger partial charge in [-0.2, -0.15) is 0 Å². The summed E-state index contributed by atoms with van der Waals surface area (Å²) in [6.07, 6.45) is 0. The lowest BCUT2D eigenvalue weighted by Gasteiger charge is -2.26. The summed E-state index contributed by atoms with van der Waals surface area (Å²) in [5.41, 5.74) is 13.7. The van der Waals surface area contributed by atoms with E-state index < -0.39 is 0 Å². The Hall–Kier alpha value is -6.44. The zero-order valence-electron chi connectivity index (χ0n) is 26.7. The molecule has 1 heterocycles. The fraction of sp³-hybridized carbons (Fsp3) is 0. The van der Waals surface area contributed by atoms with E-state index in [-0.39, 0.29) is 0 Å². The van der Waals surface area contributed by atoms with Crippen LogP contribution in [0.3, 0.4) is 0 Å². The molecule has 1 aromatic heterocycles. The Balaban J connectivity index is 1.39. The van der Waals surface area contributed by atoms with Gasteiger partial charge in [-0.25, -0.2) is 0 Å². The van der Waals surface area contributed by atoms with Crippen LogP contribution in [0.15, 0.2) is 176 Å². The van der Waals surface area contributed by atoms with Crippen molar-refractivity contribution in [2.45, 2.75) is 0 Å². The van der Waals surface area contributed by atoms with Gasteiger partial charge >= 0.3 is 0 Å². The van der Waals surface area contributed by atoms with Crippen LogP contribution in [0, 0.1) is 0 Å². The van der Waals surface area contributed by atoms with Gasteiger partial charge in [0.25, 0.3) is 0 Å². The fourth-order valence-electron chi connectivity index (χ4n) is 8.70. The first-order valence-electron chi connectivity index (χ1n) is 17.0. The van der Waals surface area contributed by atoms with E-state index in [4.69, 9.17) is 0 Å². The van der Waals surface area contributed by atoms with E-state index in [0.717, 1.165) is 0 Å². The number of hydrogen-bond acceptors (Lipinski definition) is 0. The van der Waals surface area contributed by atoms with Gasteiger partial charge in [0.15, 0.2) is 0 Å². The van der Waals surface area contributed by atoms with Crippen LogP contribution in [0.1, 0.15) is 0 Å². The van der Waals surface area contributed by atoms with Gasteiger partial charge in [0.1, 0.15) is 0 Å². The minimum absolute atomic E-state index is 1.19. The molecule has 11 rings (SSSR count). The highest BCUT2D eigenvalue weighted by Crippen LogP contribution is 2.52. The van der Waals surface area contributed by atoms with Gasteiger partial charge in [-0.05, 0) is 102 Å². The molecule has 0 aliphatic heterocycles. The molecule has 0 N–H and O–H groups in total. The van der Waals surface area contributed by atoms with Crippen molar-refractivity contribution >= 4 is 54.1 Å². The maximum Gasteiger partial charge on any atom is 0.0547 e. The Kier molecular flexibility index (Phi) is 5.45. The maximum absolute atomic E-state index is 2.50. The lowest BCUT2D eigenvalue weighted by molar-refractivity contribution is 1.18. The van der Waals surface area contributed by atoms with Crippen LogP contribution in [0.5, 0.6) is 0 Å². The summed E-state index contributed by atoms with van der Waals surface area (Å²) in [7, 11) is 0. The van der Waals surface area contributed by atoms with Gasteiger partial charge in [-0.1, -0.05) is 146 Å². The third kappa shape index (κ3) is 3.65. The third-order valence-electron chi connectivity index (χ3n) is 10.7. The van der Waals surface area contributed by atoms with Crippen LogP contribution in [0.4, 0.5) is 0 Å². The lowest BCUT2D eigenvalue weighted by atomic mass is 9.78. The summed E-state index contributed by atoms with van der Waals surface area (Å²) in [5, 5.41) is 10.3. The molecule has 0 saturated carbocycles. The highest BCUT2D eigenvalue weighted by atomic mass is 15.0. The predicted molar refractivity (Wildman–Crippen MR) is 209 cm³/mol. The summed E-state index contributed by atoms with van der Waals surface area (Å²) < 4.78 is 2.49. The van der Waals surface area contributed by atoms with Crippen molar-refractivity contribution in [3.8, 4) is 50.2 Å². The van der Waals surface area contributed by atoms with Crippen molar-refractivity contribution in [2.24, 2.45) is 0 Å². The second kappa shape index (κ2) is 10.0. The minimum Gasteiger partial charge on any atom is -0.309 e. The van der Waals surface area contributed by atoms with Crippen molar-refractivity contribution in [2.75, 3.05) is 0 Å². The summed E-state index contributed by atoms with van der Waals surface area (Å²) >= 11 is 0. The molecule has 0 radical (unpaired) electrons.